The maximum atomic E-state index is 6.05. The van der Waals surface area contributed by atoms with Gasteiger partial charge in [-0.05, 0) is 48.0 Å². The molecule has 0 aromatic carbocycles. The molecule has 5 heteroatoms. The van der Waals surface area contributed by atoms with E-state index < -0.39 is 0 Å². The van der Waals surface area contributed by atoms with E-state index in [-0.39, 0.29) is 0 Å². The van der Waals surface area contributed by atoms with Crippen molar-refractivity contribution >= 4 is 21.7 Å². The van der Waals surface area contributed by atoms with Gasteiger partial charge in [0.2, 0.25) is 5.88 Å². The van der Waals surface area contributed by atoms with Crippen LogP contribution >= 0.6 is 15.9 Å². The Morgan fingerprint density at radius 1 is 1.26 bits per heavy atom. The van der Waals surface area contributed by atoms with Crippen LogP contribution in [0.3, 0.4) is 0 Å². The van der Waals surface area contributed by atoms with Crippen molar-refractivity contribution in [1.29, 1.82) is 0 Å². The Labute approximate surface area is 123 Å². The molecule has 0 aliphatic heterocycles. The average molecular weight is 328 g/mol. The smallest absolute Gasteiger partial charge is 0.233 e. The molecule has 106 valence electrons. The van der Waals surface area contributed by atoms with Crippen LogP contribution in [0.2, 0.25) is 0 Å². The number of rotatable bonds is 5. The Bertz CT molecular complexity index is 392. The molecule has 1 heterocycles. The van der Waals surface area contributed by atoms with Crippen molar-refractivity contribution in [2.45, 2.75) is 58.0 Å². The molecule has 2 rings (SSSR count). The Hall–Kier alpha value is -0.840. The summed E-state index contributed by atoms with van der Waals surface area (Å²) in [7, 11) is 0. The van der Waals surface area contributed by atoms with Gasteiger partial charge in [-0.2, -0.15) is 0 Å². The zero-order chi connectivity index (χ0) is 13.5. The highest BCUT2D eigenvalue weighted by Crippen LogP contribution is 2.31. The van der Waals surface area contributed by atoms with Crippen molar-refractivity contribution in [2.24, 2.45) is 0 Å². The van der Waals surface area contributed by atoms with Crippen LogP contribution in [-0.4, -0.2) is 22.6 Å². The van der Waals surface area contributed by atoms with Crippen LogP contribution < -0.4 is 10.1 Å². The third-order valence-corrected chi connectivity index (χ3v) is 4.10. The van der Waals surface area contributed by atoms with Gasteiger partial charge in [0, 0.05) is 6.54 Å². The summed E-state index contributed by atoms with van der Waals surface area (Å²) in [5.41, 5.74) is 0. The molecule has 1 aromatic heterocycles. The molecular formula is C14H22BrN3O. The lowest BCUT2D eigenvalue weighted by molar-refractivity contribution is 0.174. The summed E-state index contributed by atoms with van der Waals surface area (Å²) < 4.78 is 6.89. The van der Waals surface area contributed by atoms with Gasteiger partial charge in [-0.3, -0.25) is 0 Å². The number of anilines is 1. The van der Waals surface area contributed by atoms with E-state index in [1.807, 2.05) is 0 Å². The topological polar surface area (TPSA) is 47.0 Å². The molecule has 1 aromatic rings. The minimum absolute atomic E-state index is 0.299. The monoisotopic (exact) mass is 327 g/mol. The van der Waals surface area contributed by atoms with Crippen LogP contribution in [0.4, 0.5) is 5.82 Å². The minimum atomic E-state index is 0.299. The molecule has 0 unspecified atom stereocenters. The van der Waals surface area contributed by atoms with Crippen LogP contribution in [0, 0.1) is 0 Å². The molecule has 19 heavy (non-hydrogen) atoms. The molecule has 1 saturated carbocycles. The van der Waals surface area contributed by atoms with Crippen molar-refractivity contribution in [3.8, 4) is 5.88 Å². The van der Waals surface area contributed by atoms with Crippen LogP contribution in [0.15, 0.2) is 10.8 Å². The number of nitrogens with one attached hydrogen (secondary N) is 1. The first-order valence-corrected chi connectivity index (χ1v) is 8.01. The SMILES string of the molecule is CCCNc1ncnc(OC2CCCCCC2)c1Br. The molecule has 1 aliphatic carbocycles. The predicted octanol–water partition coefficient (Wildman–Crippen LogP) is 4.16. The first-order valence-electron chi connectivity index (χ1n) is 7.22. The highest BCUT2D eigenvalue weighted by molar-refractivity contribution is 9.10. The standard InChI is InChI=1S/C14H22BrN3O/c1-2-9-16-13-12(15)14(18-10-17-13)19-11-7-5-3-4-6-8-11/h10-11H,2-9H2,1H3,(H,16,17,18). The number of hydrogen-bond acceptors (Lipinski definition) is 4. The average Bonchev–Trinajstić information content (AvgIpc) is 2.68. The number of aromatic nitrogens is 2. The van der Waals surface area contributed by atoms with Crippen LogP contribution in [0.5, 0.6) is 5.88 Å². The fourth-order valence-electron chi connectivity index (χ4n) is 2.32. The van der Waals surface area contributed by atoms with E-state index in [2.05, 4.69) is 38.1 Å². The fraction of sp³-hybridized carbons (Fsp3) is 0.714. The Kier molecular flexibility index (Phi) is 5.89. The first-order chi connectivity index (χ1) is 9.31. The molecule has 0 radical (unpaired) electrons. The van der Waals surface area contributed by atoms with Gasteiger partial charge >= 0.3 is 0 Å². The van der Waals surface area contributed by atoms with E-state index in [1.54, 1.807) is 6.33 Å². The van der Waals surface area contributed by atoms with Crippen LogP contribution in [0.25, 0.3) is 0 Å². The van der Waals surface area contributed by atoms with E-state index in [9.17, 15) is 0 Å². The summed E-state index contributed by atoms with van der Waals surface area (Å²) in [6, 6.07) is 0. The summed E-state index contributed by atoms with van der Waals surface area (Å²) in [5.74, 6) is 1.49. The van der Waals surface area contributed by atoms with Gasteiger partial charge < -0.3 is 10.1 Å². The lowest BCUT2D eigenvalue weighted by Gasteiger charge is -2.17. The molecule has 0 amide bonds. The van der Waals surface area contributed by atoms with Gasteiger partial charge in [-0.1, -0.05) is 19.8 Å². The van der Waals surface area contributed by atoms with Gasteiger partial charge in [0.15, 0.2) is 0 Å². The van der Waals surface area contributed by atoms with Crippen LogP contribution in [0.1, 0.15) is 51.9 Å². The quantitative estimate of drug-likeness (QED) is 0.825. The highest BCUT2D eigenvalue weighted by atomic mass is 79.9. The third-order valence-electron chi connectivity index (χ3n) is 3.38. The normalized spacial score (nSPS) is 16.9. The summed E-state index contributed by atoms with van der Waals surface area (Å²) in [4.78, 5) is 8.49. The van der Waals surface area contributed by atoms with Crippen molar-refractivity contribution in [3.05, 3.63) is 10.8 Å². The molecule has 0 atom stereocenters. The zero-order valence-corrected chi connectivity index (χ0v) is 13.1. The minimum Gasteiger partial charge on any atom is -0.473 e. The largest absolute Gasteiger partial charge is 0.473 e. The lowest BCUT2D eigenvalue weighted by Crippen LogP contribution is -2.16. The molecule has 0 spiro atoms. The summed E-state index contributed by atoms with van der Waals surface area (Å²) >= 11 is 3.55. The van der Waals surface area contributed by atoms with E-state index in [0.29, 0.717) is 12.0 Å². The summed E-state index contributed by atoms with van der Waals surface area (Å²) in [6.45, 7) is 3.03. The van der Waals surface area contributed by atoms with Gasteiger partial charge in [-0.25, -0.2) is 9.97 Å². The van der Waals surface area contributed by atoms with Crippen LogP contribution in [-0.2, 0) is 0 Å². The van der Waals surface area contributed by atoms with Crippen molar-refractivity contribution < 1.29 is 4.74 Å². The summed E-state index contributed by atoms with van der Waals surface area (Å²) in [5, 5.41) is 3.27. The zero-order valence-electron chi connectivity index (χ0n) is 11.5. The van der Waals surface area contributed by atoms with E-state index in [4.69, 9.17) is 4.74 Å². The third kappa shape index (κ3) is 4.34. The highest BCUT2D eigenvalue weighted by Gasteiger charge is 2.17. The van der Waals surface area contributed by atoms with Gasteiger partial charge in [0.25, 0.3) is 0 Å². The molecule has 4 nitrogen and oxygen atoms in total. The number of hydrogen-bond donors (Lipinski definition) is 1. The lowest BCUT2D eigenvalue weighted by atomic mass is 10.1. The second-order valence-corrected chi connectivity index (χ2v) is 5.79. The van der Waals surface area contributed by atoms with Crippen molar-refractivity contribution in [3.63, 3.8) is 0 Å². The Morgan fingerprint density at radius 3 is 2.68 bits per heavy atom. The second-order valence-electron chi connectivity index (χ2n) is 5.00. The molecular weight excluding hydrogens is 306 g/mol. The van der Waals surface area contributed by atoms with Gasteiger partial charge in [0.05, 0.1) is 0 Å². The second kappa shape index (κ2) is 7.68. The molecule has 1 fully saturated rings. The Morgan fingerprint density at radius 2 is 2.00 bits per heavy atom. The van der Waals surface area contributed by atoms with Gasteiger partial charge in [-0.15, -0.1) is 0 Å². The van der Waals surface area contributed by atoms with Gasteiger partial charge in [0.1, 0.15) is 22.7 Å². The molecule has 0 saturated heterocycles. The fourth-order valence-corrected chi connectivity index (χ4v) is 2.76. The summed E-state index contributed by atoms with van der Waals surface area (Å²) in [6.07, 6.45) is 10.4. The maximum Gasteiger partial charge on any atom is 0.233 e. The number of nitrogens with zero attached hydrogens (tertiary/aromatic N) is 2. The molecule has 0 bridgehead atoms. The molecule has 1 aliphatic rings. The predicted molar refractivity (Wildman–Crippen MR) is 80.6 cm³/mol. The number of ether oxygens (including phenoxy) is 1. The Balaban J connectivity index is 2.02. The van der Waals surface area contributed by atoms with E-state index >= 15 is 0 Å². The first kappa shape index (κ1) is 14.6. The maximum absolute atomic E-state index is 6.05. The van der Waals surface area contributed by atoms with Crippen molar-refractivity contribution in [1.82, 2.24) is 9.97 Å². The van der Waals surface area contributed by atoms with E-state index in [0.717, 1.165) is 36.1 Å². The number of halogens is 1. The van der Waals surface area contributed by atoms with E-state index in [1.165, 1.54) is 25.7 Å². The molecule has 1 N–H and O–H groups in total. The van der Waals surface area contributed by atoms with Crippen molar-refractivity contribution in [2.75, 3.05) is 11.9 Å².